The standard InChI is InChI=1S/C18H17NO5/c1-12(20)14-5-3-6-15(11-14)19-18(22)13(2)24-17(21)9-8-16-7-4-10-23-16/h3-11,13H,1-2H3,(H,19,22)/b9-8+. The van der Waals surface area contributed by atoms with Gasteiger partial charge in [-0.2, -0.15) is 0 Å². The molecule has 0 saturated heterocycles. The number of amides is 1. The fourth-order valence-electron chi connectivity index (χ4n) is 1.86. The van der Waals surface area contributed by atoms with Crippen molar-refractivity contribution in [2.45, 2.75) is 20.0 Å². The van der Waals surface area contributed by atoms with Gasteiger partial charge in [0, 0.05) is 17.3 Å². The van der Waals surface area contributed by atoms with Crippen LogP contribution in [0.5, 0.6) is 0 Å². The number of nitrogens with one attached hydrogen (secondary N) is 1. The van der Waals surface area contributed by atoms with Gasteiger partial charge in [0.05, 0.1) is 6.26 Å². The number of anilines is 1. The summed E-state index contributed by atoms with van der Waals surface area (Å²) in [5.74, 6) is -0.749. The van der Waals surface area contributed by atoms with Gasteiger partial charge in [-0.25, -0.2) is 4.79 Å². The summed E-state index contributed by atoms with van der Waals surface area (Å²) < 4.78 is 10.1. The van der Waals surface area contributed by atoms with Crippen molar-refractivity contribution in [1.82, 2.24) is 0 Å². The molecule has 0 saturated carbocycles. The summed E-state index contributed by atoms with van der Waals surface area (Å²) in [4.78, 5) is 35.1. The van der Waals surface area contributed by atoms with Gasteiger partial charge in [0.2, 0.25) is 0 Å². The Labute approximate surface area is 139 Å². The highest BCUT2D eigenvalue weighted by Crippen LogP contribution is 2.12. The van der Waals surface area contributed by atoms with E-state index < -0.39 is 18.0 Å². The summed E-state index contributed by atoms with van der Waals surface area (Å²) in [7, 11) is 0. The van der Waals surface area contributed by atoms with Crippen LogP contribution in [0.1, 0.15) is 30.0 Å². The average molecular weight is 327 g/mol. The number of esters is 1. The first-order valence-corrected chi connectivity index (χ1v) is 7.30. The molecule has 0 spiro atoms. The molecule has 0 bridgehead atoms. The Hall–Kier alpha value is -3.15. The van der Waals surface area contributed by atoms with E-state index in [0.29, 0.717) is 17.0 Å². The summed E-state index contributed by atoms with van der Waals surface area (Å²) in [5.41, 5.74) is 0.945. The van der Waals surface area contributed by atoms with Crippen molar-refractivity contribution < 1.29 is 23.5 Å². The molecular weight excluding hydrogens is 310 g/mol. The van der Waals surface area contributed by atoms with Gasteiger partial charge in [-0.05, 0) is 44.2 Å². The molecule has 124 valence electrons. The summed E-state index contributed by atoms with van der Waals surface area (Å²) >= 11 is 0. The molecule has 1 unspecified atom stereocenters. The fraction of sp³-hybridized carbons (Fsp3) is 0.167. The van der Waals surface area contributed by atoms with E-state index in [-0.39, 0.29) is 5.78 Å². The van der Waals surface area contributed by atoms with Gasteiger partial charge in [-0.15, -0.1) is 0 Å². The number of rotatable bonds is 6. The van der Waals surface area contributed by atoms with Crippen LogP contribution in [0.2, 0.25) is 0 Å². The quantitative estimate of drug-likeness (QED) is 0.500. The third-order valence-electron chi connectivity index (χ3n) is 3.13. The number of Topliss-reactive ketones (excluding diaryl/α,β-unsaturated/α-hetero) is 1. The van der Waals surface area contributed by atoms with E-state index in [4.69, 9.17) is 9.15 Å². The van der Waals surface area contributed by atoms with E-state index in [1.807, 2.05) is 0 Å². The molecule has 0 fully saturated rings. The Morgan fingerprint density at radius 3 is 2.67 bits per heavy atom. The highest BCUT2D eigenvalue weighted by atomic mass is 16.5. The molecule has 1 heterocycles. The maximum atomic E-state index is 12.0. The van der Waals surface area contributed by atoms with Crippen LogP contribution in [0, 0.1) is 0 Å². The van der Waals surface area contributed by atoms with Gasteiger partial charge in [0.15, 0.2) is 11.9 Å². The predicted molar refractivity (Wildman–Crippen MR) is 88.4 cm³/mol. The largest absolute Gasteiger partial charge is 0.465 e. The lowest BCUT2D eigenvalue weighted by Gasteiger charge is -2.12. The van der Waals surface area contributed by atoms with Crippen molar-refractivity contribution in [2.75, 3.05) is 5.32 Å². The minimum atomic E-state index is -0.986. The summed E-state index contributed by atoms with van der Waals surface area (Å²) in [6.45, 7) is 2.90. The van der Waals surface area contributed by atoms with Gasteiger partial charge in [-0.1, -0.05) is 12.1 Å². The van der Waals surface area contributed by atoms with Crippen LogP contribution in [-0.4, -0.2) is 23.8 Å². The lowest BCUT2D eigenvalue weighted by atomic mass is 10.1. The normalized spacial score (nSPS) is 11.9. The van der Waals surface area contributed by atoms with Crippen LogP contribution in [0.15, 0.2) is 53.2 Å². The molecule has 1 N–H and O–H groups in total. The molecule has 0 aliphatic heterocycles. The topological polar surface area (TPSA) is 85.6 Å². The number of hydrogen-bond donors (Lipinski definition) is 1. The number of benzene rings is 1. The van der Waals surface area contributed by atoms with Crippen LogP contribution in [0.4, 0.5) is 5.69 Å². The minimum absolute atomic E-state index is 0.103. The van der Waals surface area contributed by atoms with Crippen molar-refractivity contribution in [3.8, 4) is 0 Å². The van der Waals surface area contributed by atoms with Gasteiger partial charge in [-0.3, -0.25) is 9.59 Å². The Kier molecular flexibility index (Phi) is 5.68. The van der Waals surface area contributed by atoms with Crippen LogP contribution < -0.4 is 5.32 Å². The number of hydrogen-bond acceptors (Lipinski definition) is 5. The first-order chi connectivity index (χ1) is 11.5. The molecule has 2 aromatic rings. The number of furan rings is 1. The average Bonchev–Trinajstić information content (AvgIpc) is 3.06. The van der Waals surface area contributed by atoms with Crippen LogP contribution >= 0.6 is 0 Å². The zero-order chi connectivity index (χ0) is 17.5. The van der Waals surface area contributed by atoms with E-state index in [9.17, 15) is 14.4 Å². The number of ketones is 1. The zero-order valence-corrected chi connectivity index (χ0v) is 13.3. The SMILES string of the molecule is CC(=O)c1cccc(NC(=O)C(C)OC(=O)/C=C/c2ccco2)c1. The Bertz CT molecular complexity index is 761. The predicted octanol–water partition coefficient (Wildman–Crippen LogP) is 3.07. The Morgan fingerprint density at radius 1 is 1.21 bits per heavy atom. The lowest BCUT2D eigenvalue weighted by Crippen LogP contribution is -2.29. The molecule has 1 atom stereocenters. The highest BCUT2D eigenvalue weighted by Gasteiger charge is 2.17. The summed E-state index contributed by atoms with van der Waals surface area (Å²) in [5, 5.41) is 2.60. The Balaban J connectivity index is 1.91. The Morgan fingerprint density at radius 2 is 2.00 bits per heavy atom. The third kappa shape index (κ3) is 4.95. The summed E-state index contributed by atoms with van der Waals surface area (Å²) in [6.07, 6.45) is 3.12. The molecule has 24 heavy (non-hydrogen) atoms. The minimum Gasteiger partial charge on any atom is -0.465 e. The maximum absolute atomic E-state index is 12.0. The second-order valence-electron chi connectivity index (χ2n) is 5.05. The molecule has 1 amide bonds. The van der Waals surface area contributed by atoms with Gasteiger partial charge < -0.3 is 14.5 Å². The third-order valence-corrected chi connectivity index (χ3v) is 3.13. The fourth-order valence-corrected chi connectivity index (χ4v) is 1.86. The molecule has 1 aromatic heterocycles. The zero-order valence-electron chi connectivity index (χ0n) is 13.3. The maximum Gasteiger partial charge on any atom is 0.331 e. The molecule has 0 aliphatic carbocycles. The first-order valence-electron chi connectivity index (χ1n) is 7.30. The van der Waals surface area contributed by atoms with E-state index >= 15 is 0 Å². The van der Waals surface area contributed by atoms with Gasteiger partial charge >= 0.3 is 5.97 Å². The van der Waals surface area contributed by atoms with E-state index in [1.54, 1.807) is 36.4 Å². The van der Waals surface area contributed by atoms with E-state index in [0.717, 1.165) is 0 Å². The van der Waals surface area contributed by atoms with Gasteiger partial charge in [0.25, 0.3) is 5.91 Å². The van der Waals surface area contributed by atoms with Crippen LogP contribution in [0.25, 0.3) is 6.08 Å². The molecule has 6 nitrogen and oxygen atoms in total. The van der Waals surface area contributed by atoms with E-state index in [2.05, 4.69) is 5.32 Å². The first kappa shape index (κ1) is 17.2. The van der Waals surface area contributed by atoms with Gasteiger partial charge in [0.1, 0.15) is 5.76 Å². The van der Waals surface area contributed by atoms with Crippen molar-refractivity contribution >= 4 is 29.4 Å². The van der Waals surface area contributed by atoms with Crippen molar-refractivity contribution in [3.63, 3.8) is 0 Å². The molecule has 0 radical (unpaired) electrons. The van der Waals surface area contributed by atoms with Crippen molar-refractivity contribution in [2.24, 2.45) is 0 Å². The van der Waals surface area contributed by atoms with E-state index in [1.165, 1.54) is 32.3 Å². The summed E-state index contributed by atoms with van der Waals surface area (Å²) in [6, 6.07) is 9.90. The molecule has 2 rings (SSSR count). The number of carbonyl (C=O) groups excluding carboxylic acids is 3. The number of carbonyl (C=O) groups is 3. The van der Waals surface area contributed by atoms with Crippen molar-refractivity contribution in [1.29, 1.82) is 0 Å². The molecule has 0 aliphatic rings. The number of ether oxygens (including phenoxy) is 1. The lowest BCUT2D eigenvalue weighted by molar-refractivity contribution is -0.148. The molecule has 1 aromatic carbocycles. The second kappa shape index (κ2) is 7.92. The van der Waals surface area contributed by atoms with Crippen LogP contribution in [-0.2, 0) is 14.3 Å². The second-order valence-corrected chi connectivity index (χ2v) is 5.05. The monoisotopic (exact) mass is 327 g/mol. The smallest absolute Gasteiger partial charge is 0.331 e. The molecular formula is C18H17NO5. The van der Waals surface area contributed by atoms with Crippen molar-refractivity contribution in [3.05, 3.63) is 60.1 Å². The van der Waals surface area contributed by atoms with Crippen LogP contribution in [0.3, 0.4) is 0 Å². The highest BCUT2D eigenvalue weighted by molar-refractivity contribution is 5.99. The molecule has 6 heteroatoms.